The molecule has 1 heterocycles. The highest BCUT2D eigenvalue weighted by Gasteiger charge is 2.33. The molecule has 0 bridgehead atoms. The minimum absolute atomic E-state index is 0.224. The molecule has 0 atom stereocenters. The summed E-state index contributed by atoms with van der Waals surface area (Å²) in [5.74, 6) is -0.922. The number of thioether (sulfide) groups is 1. The monoisotopic (exact) mass is 463 g/mol. The highest BCUT2D eigenvalue weighted by Crippen LogP contribution is 2.37. The minimum atomic E-state index is -1.07. The normalized spacial score (nSPS) is 15.5. The molecule has 0 spiro atoms. The quantitative estimate of drug-likeness (QED) is 0.515. The molecule has 1 fully saturated rings. The Morgan fingerprint density at radius 2 is 2.00 bits per heavy atom. The first kappa shape index (κ1) is 19.6. The van der Waals surface area contributed by atoms with Crippen LogP contribution in [-0.4, -0.2) is 27.9 Å². The van der Waals surface area contributed by atoms with Gasteiger partial charge in [0.15, 0.2) is 10.9 Å². The van der Waals surface area contributed by atoms with E-state index in [0.717, 1.165) is 10.0 Å². The van der Waals surface area contributed by atoms with Crippen molar-refractivity contribution in [2.75, 3.05) is 11.5 Å². The average molecular weight is 464 g/mol. The maximum absolute atomic E-state index is 12.9. The predicted molar refractivity (Wildman–Crippen MR) is 114 cm³/mol. The van der Waals surface area contributed by atoms with Gasteiger partial charge in [-0.2, -0.15) is 0 Å². The number of rotatable bonds is 5. The Bertz CT molecular complexity index is 957. The molecule has 27 heavy (non-hydrogen) atoms. The number of amides is 1. The highest BCUT2D eigenvalue weighted by atomic mass is 79.9. The van der Waals surface area contributed by atoms with Crippen LogP contribution >= 0.6 is 39.9 Å². The van der Waals surface area contributed by atoms with Gasteiger partial charge in [0.1, 0.15) is 5.75 Å². The Morgan fingerprint density at radius 1 is 1.30 bits per heavy atom. The first-order valence-corrected chi connectivity index (χ1v) is 9.85. The molecule has 0 unspecified atom stereocenters. The van der Waals surface area contributed by atoms with Gasteiger partial charge in [0, 0.05) is 10.0 Å². The molecule has 0 saturated carbocycles. The number of hydrogen-bond donors (Lipinski definition) is 1. The first-order chi connectivity index (χ1) is 12.8. The van der Waals surface area contributed by atoms with Crippen molar-refractivity contribution in [3.63, 3.8) is 0 Å². The number of carbonyl (C=O) groups is 2. The number of anilines is 1. The van der Waals surface area contributed by atoms with E-state index in [-0.39, 0.29) is 5.91 Å². The fraction of sp³-hybridized carbons (Fsp3) is 0.105. The summed E-state index contributed by atoms with van der Waals surface area (Å²) in [6, 6.07) is 12.7. The van der Waals surface area contributed by atoms with Crippen molar-refractivity contribution in [2.45, 2.75) is 6.92 Å². The number of nitrogens with zero attached hydrogens (tertiary/aromatic N) is 1. The third-order valence-electron chi connectivity index (χ3n) is 3.70. The molecule has 2 aromatic rings. The molecule has 0 aromatic heterocycles. The summed E-state index contributed by atoms with van der Waals surface area (Å²) in [5.41, 5.74) is 2.40. The van der Waals surface area contributed by atoms with Crippen LogP contribution in [0, 0.1) is 6.92 Å². The van der Waals surface area contributed by atoms with E-state index in [0.29, 0.717) is 26.2 Å². The number of aliphatic carboxylic acids is 1. The van der Waals surface area contributed by atoms with Crippen LogP contribution < -0.4 is 9.64 Å². The number of benzene rings is 2. The van der Waals surface area contributed by atoms with Crippen molar-refractivity contribution in [1.29, 1.82) is 0 Å². The van der Waals surface area contributed by atoms with Gasteiger partial charge < -0.3 is 9.84 Å². The fourth-order valence-corrected chi connectivity index (χ4v) is 4.10. The van der Waals surface area contributed by atoms with Crippen molar-refractivity contribution < 1.29 is 19.4 Å². The Morgan fingerprint density at radius 3 is 2.67 bits per heavy atom. The van der Waals surface area contributed by atoms with Crippen LogP contribution in [0.25, 0.3) is 6.08 Å². The van der Waals surface area contributed by atoms with Gasteiger partial charge in [-0.15, -0.1) is 0 Å². The molecular formula is C19H14BrNO4S2. The molecule has 1 aliphatic heterocycles. The zero-order valence-corrected chi connectivity index (χ0v) is 17.4. The van der Waals surface area contributed by atoms with Crippen LogP contribution in [0.4, 0.5) is 5.69 Å². The number of hydrogen-bond acceptors (Lipinski definition) is 5. The Balaban J connectivity index is 1.93. The van der Waals surface area contributed by atoms with E-state index in [4.69, 9.17) is 22.1 Å². The molecule has 1 amide bonds. The zero-order chi connectivity index (χ0) is 19.6. The first-order valence-electron chi connectivity index (χ1n) is 7.84. The van der Waals surface area contributed by atoms with Crippen molar-refractivity contribution in [3.05, 3.63) is 63.0 Å². The summed E-state index contributed by atoms with van der Waals surface area (Å²) in [5, 5.41) is 8.83. The maximum atomic E-state index is 12.9. The third kappa shape index (κ3) is 4.58. The summed E-state index contributed by atoms with van der Waals surface area (Å²) < 4.78 is 6.54. The standard InChI is InChI=1S/C19H14BrNO4S2/c1-11-2-5-14(6-3-11)21-18(24)16(27-19(21)26)9-12-8-13(20)4-7-15(12)25-10-17(22)23/h2-9H,10H2,1H3,(H,22,23)/b16-9-. The zero-order valence-electron chi connectivity index (χ0n) is 14.1. The molecule has 138 valence electrons. The van der Waals surface area contributed by atoms with Gasteiger partial charge >= 0.3 is 5.97 Å². The fourth-order valence-electron chi connectivity index (χ4n) is 2.43. The van der Waals surface area contributed by atoms with Crippen molar-refractivity contribution in [2.24, 2.45) is 0 Å². The summed E-state index contributed by atoms with van der Waals surface area (Å²) in [4.78, 5) is 25.6. The lowest BCUT2D eigenvalue weighted by atomic mass is 10.1. The van der Waals surface area contributed by atoms with Crippen LogP contribution in [0.2, 0.25) is 0 Å². The molecule has 3 rings (SSSR count). The smallest absolute Gasteiger partial charge is 0.341 e. The van der Waals surface area contributed by atoms with E-state index in [1.54, 1.807) is 24.3 Å². The van der Waals surface area contributed by atoms with E-state index in [1.165, 1.54) is 16.7 Å². The number of halogens is 1. The molecular weight excluding hydrogens is 450 g/mol. The number of thiocarbonyl (C=S) groups is 1. The molecule has 1 aliphatic rings. The number of aryl methyl sites for hydroxylation is 1. The second kappa shape index (κ2) is 8.24. The molecule has 0 radical (unpaired) electrons. The predicted octanol–water partition coefficient (Wildman–Crippen LogP) is 4.63. The van der Waals surface area contributed by atoms with Gasteiger partial charge in [-0.05, 0) is 43.3 Å². The van der Waals surface area contributed by atoms with E-state index < -0.39 is 12.6 Å². The van der Waals surface area contributed by atoms with Crippen LogP contribution in [0.1, 0.15) is 11.1 Å². The minimum Gasteiger partial charge on any atom is -0.481 e. The largest absolute Gasteiger partial charge is 0.481 e. The lowest BCUT2D eigenvalue weighted by Gasteiger charge is -2.14. The van der Waals surface area contributed by atoms with Crippen molar-refractivity contribution in [1.82, 2.24) is 0 Å². The van der Waals surface area contributed by atoms with Crippen molar-refractivity contribution in [3.8, 4) is 5.75 Å². The van der Waals surface area contributed by atoms with Gasteiger partial charge in [-0.1, -0.05) is 57.6 Å². The van der Waals surface area contributed by atoms with E-state index in [2.05, 4.69) is 15.9 Å². The number of carboxylic acid groups (broad SMARTS) is 1. The van der Waals surface area contributed by atoms with E-state index in [9.17, 15) is 9.59 Å². The average Bonchev–Trinajstić information content (AvgIpc) is 2.89. The molecule has 1 N–H and O–H groups in total. The summed E-state index contributed by atoms with van der Waals surface area (Å²) in [7, 11) is 0. The van der Waals surface area contributed by atoms with Gasteiger partial charge in [0.25, 0.3) is 5.91 Å². The van der Waals surface area contributed by atoms with Crippen LogP contribution in [0.3, 0.4) is 0 Å². The molecule has 0 aliphatic carbocycles. The van der Waals surface area contributed by atoms with Gasteiger partial charge in [0.2, 0.25) is 0 Å². The van der Waals surface area contributed by atoms with Gasteiger partial charge in [-0.25, -0.2) is 4.79 Å². The lowest BCUT2D eigenvalue weighted by Crippen LogP contribution is -2.27. The number of carbonyl (C=O) groups excluding carboxylic acids is 1. The number of ether oxygens (including phenoxy) is 1. The van der Waals surface area contributed by atoms with Crippen molar-refractivity contribution >= 4 is 67.9 Å². The van der Waals surface area contributed by atoms with Crippen LogP contribution in [0.15, 0.2) is 51.8 Å². The Hall–Kier alpha value is -2.16. The third-order valence-corrected chi connectivity index (χ3v) is 5.49. The highest BCUT2D eigenvalue weighted by molar-refractivity contribution is 9.10. The number of carboxylic acids is 1. The Labute approximate surface area is 174 Å². The summed E-state index contributed by atoms with van der Waals surface area (Å²) in [6.07, 6.45) is 1.66. The molecule has 2 aromatic carbocycles. The summed E-state index contributed by atoms with van der Waals surface area (Å²) >= 11 is 9.95. The second-order valence-electron chi connectivity index (χ2n) is 5.72. The molecule has 8 heteroatoms. The van der Waals surface area contributed by atoms with E-state index >= 15 is 0 Å². The topological polar surface area (TPSA) is 66.8 Å². The molecule has 5 nitrogen and oxygen atoms in total. The van der Waals surface area contributed by atoms with Crippen LogP contribution in [0.5, 0.6) is 5.75 Å². The van der Waals surface area contributed by atoms with E-state index in [1.807, 2.05) is 31.2 Å². The lowest BCUT2D eigenvalue weighted by molar-refractivity contribution is -0.139. The Kier molecular flexibility index (Phi) is 5.98. The molecule has 1 saturated heterocycles. The van der Waals surface area contributed by atoms with Crippen LogP contribution in [-0.2, 0) is 9.59 Å². The SMILES string of the molecule is Cc1ccc(N2C(=O)/C(=C/c3cc(Br)ccc3OCC(=O)O)SC2=S)cc1. The van der Waals surface area contributed by atoms with Gasteiger partial charge in [0.05, 0.1) is 10.6 Å². The van der Waals surface area contributed by atoms with Gasteiger partial charge in [-0.3, -0.25) is 9.69 Å². The second-order valence-corrected chi connectivity index (χ2v) is 8.31. The summed E-state index contributed by atoms with van der Waals surface area (Å²) in [6.45, 7) is 1.51. The maximum Gasteiger partial charge on any atom is 0.341 e.